The normalized spacial score (nSPS) is 12.0. The molecule has 0 radical (unpaired) electrons. The fourth-order valence-electron chi connectivity index (χ4n) is 1.44. The minimum absolute atomic E-state index is 0.0500. The van der Waals surface area contributed by atoms with Crippen molar-refractivity contribution in [2.75, 3.05) is 10.0 Å². The molecule has 0 bridgehead atoms. The molecule has 8 nitrogen and oxygen atoms in total. The predicted molar refractivity (Wildman–Crippen MR) is 73.8 cm³/mol. The highest BCUT2D eigenvalue weighted by Crippen LogP contribution is 2.39. The van der Waals surface area contributed by atoms with Crippen molar-refractivity contribution >= 4 is 38.3 Å². The third-order valence-corrected chi connectivity index (χ3v) is 4.98. The van der Waals surface area contributed by atoms with E-state index in [9.17, 15) is 30.8 Å². The average molecular weight is 386 g/mol. The van der Waals surface area contributed by atoms with E-state index in [1.807, 2.05) is 0 Å². The molecule has 0 saturated heterocycles. The Morgan fingerprint density at radius 2 is 1.92 bits per heavy atom. The molecule has 14 heteroatoms. The summed E-state index contributed by atoms with van der Waals surface area (Å²) in [6.45, 7) is 0. The fourth-order valence-corrected chi connectivity index (χ4v) is 3.65. The zero-order valence-electron chi connectivity index (χ0n) is 11.1. The molecule has 2 rings (SSSR count). The average Bonchev–Trinajstić information content (AvgIpc) is 2.82. The lowest BCUT2D eigenvalue weighted by Crippen LogP contribution is -2.15. The molecule has 0 unspecified atom stereocenters. The molecule has 1 amide bonds. The van der Waals surface area contributed by atoms with Crippen LogP contribution in [0.25, 0.3) is 0 Å². The van der Waals surface area contributed by atoms with Gasteiger partial charge in [-0.15, -0.1) is 0 Å². The van der Waals surface area contributed by atoms with Gasteiger partial charge in [0.15, 0.2) is 5.69 Å². The maximum absolute atomic E-state index is 12.9. The van der Waals surface area contributed by atoms with Gasteiger partial charge in [0.25, 0.3) is 10.0 Å². The Kier molecular flexibility index (Phi) is 4.61. The van der Waals surface area contributed by atoms with Gasteiger partial charge in [-0.1, -0.05) is 17.4 Å². The second kappa shape index (κ2) is 6.20. The SMILES string of the molecule is O=C(O)Nc1sc(S(=O)(=O)Nc2cccc(F)n2)nc1C(F)(F)F. The molecule has 24 heavy (non-hydrogen) atoms. The summed E-state index contributed by atoms with van der Waals surface area (Å²) in [4.78, 5) is 16.6. The van der Waals surface area contributed by atoms with Crippen LogP contribution in [0.5, 0.6) is 0 Å². The third-order valence-electron chi connectivity index (χ3n) is 2.28. The molecule has 0 aliphatic carbocycles. The van der Waals surface area contributed by atoms with Crippen LogP contribution in [0, 0.1) is 5.95 Å². The second-order valence-electron chi connectivity index (χ2n) is 4.04. The summed E-state index contributed by atoms with van der Waals surface area (Å²) in [6.07, 6.45) is -6.91. The Bertz CT molecular complexity index is 881. The first-order valence-corrected chi connectivity index (χ1v) is 8.02. The van der Waals surface area contributed by atoms with Gasteiger partial charge in [-0.25, -0.2) is 14.8 Å². The van der Waals surface area contributed by atoms with E-state index in [1.165, 1.54) is 5.32 Å². The molecule has 130 valence electrons. The van der Waals surface area contributed by atoms with Gasteiger partial charge in [0, 0.05) is 0 Å². The van der Waals surface area contributed by atoms with Crippen molar-refractivity contribution < 1.29 is 35.9 Å². The first-order chi connectivity index (χ1) is 11.0. The number of rotatable bonds is 4. The van der Waals surface area contributed by atoms with Crippen LogP contribution in [-0.4, -0.2) is 29.6 Å². The Hall–Kier alpha value is -2.48. The molecule has 2 heterocycles. The number of amides is 1. The minimum atomic E-state index is -5.08. The van der Waals surface area contributed by atoms with Crippen molar-refractivity contribution in [2.24, 2.45) is 0 Å². The number of carboxylic acid groups (broad SMARTS) is 1. The Morgan fingerprint density at radius 3 is 2.46 bits per heavy atom. The number of hydrogen-bond donors (Lipinski definition) is 3. The first kappa shape index (κ1) is 17.9. The van der Waals surface area contributed by atoms with E-state index in [1.54, 1.807) is 4.72 Å². The smallest absolute Gasteiger partial charge is 0.436 e. The van der Waals surface area contributed by atoms with Crippen LogP contribution >= 0.6 is 11.3 Å². The molecule has 0 aromatic carbocycles. The molecule has 0 spiro atoms. The van der Waals surface area contributed by atoms with Crippen LogP contribution in [0.2, 0.25) is 0 Å². The van der Waals surface area contributed by atoms with Crippen molar-refractivity contribution in [2.45, 2.75) is 10.5 Å². The van der Waals surface area contributed by atoms with Crippen LogP contribution in [0.3, 0.4) is 0 Å². The minimum Gasteiger partial charge on any atom is -0.465 e. The number of halogens is 4. The number of aromatic nitrogens is 2. The van der Waals surface area contributed by atoms with Crippen molar-refractivity contribution in [3.05, 3.63) is 29.8 Å². The highest BCUT2D eigenvalue weighted by molar-refractivity contribution is 7.94. The van der Waals surface area contributed by atoms with E-state index in [4.69, 9.17) is 5.11 Å². The van der Waals surface area contributed by atoms with Gasteiger partial charge in [0.05, 0.1) is 0 Å². The van der Waals surface area contributed by atoms with E-state index in [-0.39, 0.29) is 11.3 Å². The molecule has 3 N–H and O–H groups in total. The number of nitrogens with one attached hydrogen (secondary N) is 2. The van der Waals surface area contributed by atoms with E-state index in [0.29, 0.717) is 0 Å². The molecule has 0 atom stereocenters. The molecule has 0 saturated carbocycles. The van der Waals surface area contributed by atoms with Crippen LogP contribution in [0.15, 0.2) is 22.5 Å². The molecule has 2 aromatic rings. The maximum atomic E-state index is 12.9. The molecular weight excluding hydrogens is 380 g/mol. The number of nitrogens with zero attached hydrogens (tertiary/aromatic N) is 2. The molecular formula is C10H6F4N4O4S2. The van der Waals surface area contributed by atoms with Gasteiger partial charge in [-0.3, -0.25) is 10.0 Å². The van der Waals surface area contributed by atoms with E-state index < -0.39 is 49.1 Å². The van der Waals surface area contributed by atoms with E-state index in [2.05, 4.69) is 9.97 Å². The monoisotopic (exact) mass is 386 g/mol. The largest absolute Gasteiger partial charge is 0.465 e. The molecule has 0 fully saturated rings. The quantitative estimate of drug-likeness (QED) is 0.549. The topological polar surface area (TPSA) is 121 Å². The fraction of sp³-hybridized carbons (Fsp3) is 0.100. The summed E-state index contributed by atoms with van der Waals surface area (Å²) < 4.78 is 76.1. The van der Waals surface area contributed by atoms with Gasteiger partial charge in [-0.2, -0.15) is 26.0 Å². The maximum Gasteiger partial charge on any atom is 0.436 e. The highest BCUT2D eigenvalue weighted by Gasteiger charge is 2.40. The summed E-state index contributed by atoms with van der Waals surface area (Å²) in [5.41, 5.74) is -1.71. The molecule has 0 aliphatic heterocycles. The van der Waals surface area contributed by atoms with Gasteiger partial charge in [0.2, 0.25) is 10.3 Å². The summed E-state index contributed by atoms with van der Waals surface area (Å²) in [5.74, 6) is -1.50. The molecule has 0 aliphatic rings. The zero-order chi connectivity index (χ0) is 18.1. The first-order valence-electron chi connectivity index (χ1n) is 5.72. The van der Waals surface area contributed by atoms with E-state index in [0.717, 1.165) is 18.2 Å². The predicted octanol–water partition coefficient (Wildman–Crippen LogP) is 2.59. The summed E-state index contributed by atoms with van der Waals surface area (Å²) in [5, 5.41) is 8.94. The van der Waals surface area contributed by atoms with Crippen LogP contribution in [0.4, 0.5) is 33.2 Å². The number of carbonyl (C=O) groups is 1. The van der Waals surface area contributed by atoms with Crippen LogP contribution in [-0.2, 0) is 16.2 Å². The van der Waals surface area contributed by atoms with Gasteiger partial charge >= 0.3 is 12.3 Å². The molecule has 2 aromatic heterocycles. The number of alkyl halides is 3. The zero-order valence-corrected chi connectivity index (χ0v) is 12.8. The third kappa shape index (κ3) is 4.08. The Morgan fingerprint density at radius 1 is 1.25 bits per heavy atom. The summed E-state index contributed by atoms with van der Waals surface area (Å²) in [6, 6.07) is 3.12. The number of hydrogen-bond acceptors (Lipinski definition) is 6. The standard InChI is InChI=1S/C10H6F4N4O4S2/c11-4-2-1-3-5(15-4)18-24(21,22)9-16-6(10(12,13)14)7(23-9)17-8(19)20/h1-3,17H,(H,15,18)(H,19,20). The number of pyridine rings is 1. The Balaban J connectivity index is 2.43. The van der Waals surface area contributed by atoms with Crippen molar-refractivity contribution in [3.63, 3.8) is 0 Å². The van der Waals surface area contributed by atoms with Crippen LogP contribution < -0.4 is 10.0 Å². The van der Waals surface area contributed by atoms with Gasteiger partial charge in [0.1, 0.15) is 10.8 Å². The highest BCUT2D eigenvalue weighted by atomic mass is 32.2. The van der Waals surface area contributed by atoms with E-state index >= 15 is 0 Å². The van der Waals surface area contributed by atoms with Crippen molar-refractivity contribution in [1.29, 1.82) is 0 Å². The number of sulfonamides is 1. The summed E-state index contributed by atoms with van der Waals surface area (Å²) in [7, 11) is -4.63. The van der Waals surface area contributed by atoms with Crippen LogP contribution in [0.1, 0.15) is 5.69 Å². The number of thiazole rings is 1. The Labute approximate surface area is 135 Å². The van der Waals surface area contributed by atoms with Gasteiger partial charge < -0.3 is 5.11 Å². The van der Waals surface area contributed by atoms with Crippen molar-refractivity contribution in [1.82, 2.24) is 9.97 Å². The summed E-state index contributed by atoms with van der Waals surface area (Å²) >= 11 is -0.0500. The number of anilines is 2. The second-order valence-corrected chi connectivity index (χ2v) is 6.89. The lowest BCUT2D eigenvalue weighted by molar-refractivity contribution is -0.140. The lowest BCUT2D eigenvalue weighted by atomic mass is 10.4. The lowest BCUT2D eigenvalue weighted by Gasteiger charge is -2.05. The van der Waals surface area contributed by atoms with Crippen molar-refractivity contribution in [3.8, 4) is 0 Å². The van der Waals surface area contributed by atoms with Gasteiger partial charge in [-0.05, 0) is 12.1 Å².